The van der Waals surface area contributed by atoms with Crippen LogP contribution in [-0.2, 0) is 6.42 Å². The van der Waals surface area contributed by atoms with Crippen LogP contribution < -0.4 is 5.32 Å². The molecule has 3 rings (SSSR count). The van der Waals surface area contributed by atoms with E-state index in [9.17, 15) is 9.90 Å². The van der Waals surface area contributed by atoms with Gasteiger partial charge in [-0.1, -0.05) is 31.2 Å². The third-order valence-electron chi connectivity index (χ3n) is 3.92. The largest absolute Gasteiger partial charge is 0.390 e. The quantitative estimate of drug-likeness (QED) is 0.852. The van der Waals surface area contributed by atoms with Crippen molar-refractivity contribution >= 4 is 17.7 Å². The fourth-order valence-electron chi connectivity index (χ4n) is 2.84. The Bertz CT molecular complexity index is 669. The van der Waals surface area contributed by atoms with Crippen LogP contribution in [0.4, 0.5) is 0 Å². The number of benzene rings is 2. The molecule has 2 unspecified atom stereocenters. The molecule has 0 aromatic heterocycles. The van der Waals surface area contributed by atoms with Crippen LogP contribution in [0.2, 0.25) is 0 Å². The van der Waals surface area contributed by atoms with Crippen LogP contribution in [0.3, 0.4) is 0 Å². The molecule has 1 aliphatic carbocycles. The smallest absolute Gasteiger partial charge is 0.251 e. The first-order valence-corrected chi connectivity index (χ1v) is 8.47. The van der Waals surface area contributed by atoms with Crippen molar-refractivity contribution in [1.29, 1.82) is 0 Å². The van der Waals surface area contributed by atoms with Gasteiger partial charge in [0.25, 0.3) is 5.91 Å². The van der Waals surface area contributed by atoms with E-state index in [1.54, 1.807) is 11.8 Å². The SMILES string of the molecule is CCSc1ccc(C(=O)NC2c3ccccc3CC2O)cc1. The van der Waals surface area contributed by atoms with Crippen LogP contribution in [0.1, 0.15) is 34.5 Å². The summed E-state index contributed by atoms with van der Waals surface area (Å²) in [6.07, 6.45) is 0.0315. The highest BCUT2D eigenvalue weighted by atomic mass is 32.2. The monoisotopic (exact) mass is 313 g/mol. The van der Waals surface area contributed by atoms with Gasteiger partial charge < -0.3 is 10.4 Å². The summed E-state index contributed by atoms with van der Waals surface area (Å²) in [6.45, 7) is 2.10. The van der Waals surface area contributed by atoms with Gasteiger partial charge in [-0.25, -0.2) is 0 Å². The first-order chi connectivity index (χ1) is 10.7. The number of carbonyl (C=O) groups excluding carboxylic acids is 1. The zero-order valence-corrected chi connectivity index (χ0v) is 13.3. The average molecular weight is 313 g/mol. The Balaban J connectivity index is 1.74. The van der Waals surface area contributed by atoms with Gasteiger partial charge in [-0.05, 0) is 41.1 Å². The number of thioether (sulfide) groups is 1. The fourth-order valence-corrected chi connectivity index (χ4v) is 3.50. The molecule has 1 aliphatic rings. The first-order valence-electron chi connectivity index (χ1n) is 7.48. The molecule has 0 fully saturated rings. The number of aliphatic hydroxyl groups excluding tert-OH is 1. The molecule has 0 spiro atoms. The molecular weight excluding hydrogens is 294 g/mol. The van der Waals surface area contributed by atoms with Crippen LogP contribution in [0, 0.1) is 0 Å². The van der Waals surface area contributed by atoms with E-state index in [4.69, 9.17) is 0 Å². The minimum atomic E-state index is -0.559. The number of rotatable bonds is 4. The maximum absolute atomic E-state index is 12.4. The lowest BCUT2D eigenvalue weighted by molar-refractivity contribution is 0.0858. The summed E-state index contributed by atoms with van der Waals surface area (Å²) in [5, 5.41) is 13.2. The molecule has 0 heterocycles. The molecule has 2 N–H and O–H groups in total. The molecule has 1 amide bonds. The van der Waals surface area contributed by atoms with Crippen molar-refractivity contribution in [3.63, 3.8) is 0 Å². The normalized spacial score (nSPS) is 19.7. The Morgan fingerprint density at radius 2 is 1.95 bits per heavy atom. The van der Waals surface area contributed by atoms with Gasteiger partial charge in [0.1, 0.15) is 0 Å². The van der Waals surface area contributed by atoms with Gasteiger partial charge in [0.2, 0.25) is 0 Å². The standard InChI is InChI=1S/C18H19NO2S/c1-2-22-14-9-7-12(8-10-14)18(21)19-17-15-6-4-3-5-13(15)11-16(17)20/h3-10,16-17,20H,2,11H2,1H3,(H,19,21). The van der Waals surface area contributed by atoms with Crippen molar-refractivity contribution in [2.45, 2.75) is 30.4 Å². The second-order valence-corrected chi connectivity index (χ2v) is 6.72. The minimum absolute atomic E-state index is 0.145. The summed E-state index contributed by atoms with van der Waals surface area (Å²) < 4.78 is 0. The van der Waals surface area contributed by atoms with Gasteiger partial charge in [-0.3, -0.25) is 4.79 Å². The predicted molar refractivity (Wildman–Crippen MR) is 89.2 cm³/mol. The summed E-state index contributed by atoms with van der Waals surface area (Å²) in [5.41, 5.74) is 2.74. The number of fused-ring (bicyclic) bond motifs is 1. The summed E-state index contributed by atoms with van der Waals surface area (Å²) in [4.78, 5) is 13.6. The first kappa shape index (κ1) is 15.1. The number of hydrogen-bond acceptors (Lipinski definition) is 3. The number of hydrogen-bond donors (Lipinski definition) is 2. The molecule has 2 atom stereocenters. The summed E-state index contributed by atoms with van der Waals surface area (Å²) in [5.74, 6) is 0.866. The third kappa shape index (κ3) is 3.03. The molecule has 0 saturated heterocycles. The maximum Gasteiger partial charge on any atom is 0.251 e. The molecule has 0 bridgehead atoms. The van der Waals surface area contributed by atoms with Crippen molar-refractivity contribution < 1.29 is 9.90 Å². The van der Waals surface area contributed by atoms with Crippen LogP contribution in [0.25, 0.3) is 0 Å². The van der Waals surface area contributed by atoms with E-state index in [0.29, 0.717) is 12.0 Å². The molecule has 2 aromatic rings. The van der Waals surface area contributed by atoms with Gasteiger partial charge in [0.15, 0.2) is 0 Å². The van der Waals surface area contributed by atoms with Crippen molar-refractivity contribution in [2.24, 2.45) is 0 Å². The molecule has 3 nitrogen and oxygen atoms in total. The van der Waals surface area contributed by atoms with E-state index in [1.165, 1.54) is 0 Å². The lowest BCUT2D eigenvalue weighted by Gasteiger charge is -2.18. The van der Waals surface area contributed by atoms with Crippen molar-refractivity contribution in [3.8, 4) is 0 Å². The topological polar surface area (TPSA) is 49.3 Å². The molecule has 0 aliphatic heterocycles. The Hall–Kier alpha value is -1.78. The van der Waals surface area contributed by atoms with E-state index < -0.39 is 6.10 Å². The summed E-state index contributed by atoms with van der Waals surface area (Å²) >= 11 is 1.75. The fraction of sp³-hybridized carbons (Fsp3) is 0.278. The van der Waals surface area contributed by atoms with Gasteiger partial charge >= 0.3 is 0 Å². The number of aliphatic hydroxyl groups is 1. The Morgan fingerprint density at radius 1 is 1.23 bits per heavy atom. The third-order valence-corrected chi connectivity index (χ3v) is 4.81. The van der Waals surface area contributed by atoms with Gasteiger partial charge in [-0.2, -0.15) is 0 Å². The lowest BCUT2D eigenvalue weighted by atomic mass is 10.1. The molecule has 22 heavy (non-hydrogen) atoms. The number of amides is 1. The zero-order valence-electron chi connectivity index (χ0n) is 12.5. The van der Waals surface area contributed by atoms with Crippen LogP contribution in [-0.4, -0.2) is 22.9 Å². The van der Waals surface area contributed by atoms with Crippen molar-refractivity contribution in [1.82, 2.24) is 5.32 Å². The van der Waals surface area contributed by atoms with Crippen LogP contribution in [0.5, 0.6) is 0 Å². The molecule has 0 saturated carbocycles. The van der Waals surface area contributed by atoms with E-state index >= 15 is 0 Å². The molecular formula is C18H19NO2S. The average Bonchev–Trinajstić information content (AvgIpc) is 2.84. The molecule has 114 valence electrons. The Morgan fingerprint density at radius 3 is 2.68 bits per heavy atom. The summed E-state index contributed by atoms with van der Waals surface area (Å²) in [6, 6.07) is 15.1. The Kier molecular flexibility index (Phi) is 4.50. The number of nitrogens with one attached hydrogen (secondary N) is 1. The van der Waals surface area contributed by atoms with Gasteiger partial charge in [0, 0.05) is 16.9 Å². The second-order valence-electron chi connectivity index (χ2n) is 5.38. The molecule has 2 aromatic carbocycles. The van der Waals surface area contributed by atoms with E-state index in [-0.39, 0.29) is 11.9 Å². The highest BCUT2D eigenvalue weighted by molar-refractivity contribution is 7.99. The lowest BCUT2D eigenvalue weighted by Crippen LogP contribution is -2.33. The summed E-state index contributed by atoms with van der Waals surface area (Å²) in [7, 11) is 0. The Labute approximate surface area is 134 Å². The zero-order chi connectivity index (χ0) is 15.5. The van der Waals surface area contributed by atoms with Gasteiger partial charge in [0.05, 0.1) is 12.1 Å². The van der Waals surface area contributed by atoms with Crippen molar-refractivity contribution in [3.05, 3.63) is 65.2 Å². The molecule has 4 heteroatoms. The van der Waals surface area contributed by atoms with Crippen molar-refractivity contribution in [2.75, 3.05) is 5.75 Å². The van der Waals surface area contributed by atoms with Crippen LogP contribution >= 0.6 is 11.8 Å². The predicted octanol–water partition coefficient (Wildman–Crippen LogP) is 3.19. The second kappa shape index (κ2) is 6.55. The molecule has 0 radical (unpaired) electrons. The minimum Gasteiger partial charge on any atom is -0.390 e. The van der Waals surface area contributed by atoms with Gasteiger partial charge in [-0.15, -0.1) is 11.8 Å². The number of carbonyl (C=O) groups is 1. The van der Waals surface area contributed by atoms with E-state index in [2.05, 4.69) is 12.2 Å². The maximum atomic E-state index is 12.4. The van der Waals surface area contributed by atoms with E-state index in [0.717, 1.165) is 21.8 Å². The highest BCUT2D eigenvalue weighted by Crippen LogP contribution is 2.31. The van der Waals surface area contributed by atoms with Crippen LogP contribution in [0.15, 0.2) is 53.4 Å². The highest BCUT2D eigenvalue weighted by Gasteiger charge is 2.31. The van der Waals surface area contributed by atoms with E-state index in [1.807, 2.05) is 48.5 Å².